The van der Waals surface area contributed by atoms with Crippen molar-refractivity contribution < 1.29 is 27.4 Å². The molecule has 4 rings (SSSR count). The summed E-state index contributed by atoms with van der Waals surface area (Å²) in [5.41, 5.74) is 2.05. The first kappa shape index (κ1) is 28.3. The van der Waals surface area contributed by atoms with Gasteiger partial charge in [0.25, 0.3) is 0 Å². The van der Waals surface area contributed by atoms with E-state index in [0.717, 1.165) is 17.0 Å². The number of methoxy groups -OCH3 is 3. The van der Waals surface area contributed by atoms with E-state index in [-0.39, 0.29) is 23.9 Å². The maximum atomic E-state index is 13.8. The van der Waals surface area contributed by atoms with E-state index in [4.69, 9.17) is 14.2 Å². The van der Waals surface area contributed by atoms with E-state index in [1.54, 1.807) is 18.1 Å². The van der Waals surface area contributed by atoms with Gasteiger partial charge in [-0.2, -0.15) is 4.31 Å². The summed E-state index contributed by atoms with van der Waals surface area (Å²) in [4.78, 5) is 17.4. The molecule has 1 aliphatic heterocycles. The minimum atomic E-state index is -3.99. The first-order valence-electron chi connectivity index (χ1n) is 12.8. The highest BCUT2D eigenvalue weighted by Gasteiger charge is 2.30. The van der Waals surface area contributed by atoms with E-state index in [2.05, 4.69) is 4.90 Å². The van der Waals surface area contributed by atoms with Crippen LogP contribution < -0.4 is 19.1 Å². The Morgan fingerprint density at radius 1 is 0.821 bits per heavy atom. The monoisotopic (exact) mass is 553 g/mol. The number of rotatable bonds is 11. The Hall–Kier alpha value is -3.76. The maximum absolute atomic E-state index is 13.8. The summed E-state index contributed by atoms with van der Waals surface area (Å²) >= 11 is 0. The van der Waals surface area contributed by atoms with Gasteiger partial charge >= 0.3 is 0 Å². The molecule has 0 atom stereocenters. The Kier molecular flexibility index (Phi) is 9.32. The molecule has 1 heterocycles. The van der Waals surface area contributed by atoms with Crippen molar-refractivity contribution in [1.82, 2.24) is 9.21 Å². The molecular weight excluding hydrogens is 518 g/mol. The zero-order valence-corrected chi connectivity index (χ0v) is 23.4. The summed E-state index contributed by atoms with van der Waals surface area (Å²) in [7, 11) is 0.584. The van der Waals surface area contributed by atoms with Gasteiger partial charge in [-0.15, -0.1) is 0 Å². The molecule has 0 bridgehead atoms. The van der Waals surface area contributed by atoms with Crippen LogP contribution >= 0.6 is 0 Å². The van der Waals surface area contributed by atoms with Gasteiger partial charge in [0.15, 0.2) is 11.5 Å². The molecule has 0 unspecified atom stereocenters. The van der Waals surface area contributed by atoms with E-state index in [1.807, 2.05) is 54.6 Å². The quantitative estimate of drug-likeness (QED) is 0.360. The van der Waals surface area contributed by atoms with Gasteiger partial charge in [-0.25, -0.2) is 8.42 Å². The maximum Gasteiger partial charge on any atom is 0.243 e. The highest BCUT2D eigenvalue weighted by Crippen LogP contribution is 2.31. The van der Waals surface area contributed by atoms with Crippen LogP contribution in [0, 0.1) is 0 Å². The Bertz CT molecular complexity index is 1340. The van der Waals surface area contributed by atoms with Gasteiger partial charge in [-0.1, -0.05) is 30.3 Å². The van der Waals surface area contributed by atoms with Crippen molar-refractivity contribution in [3.63, 3.8) is 0 Å². The first-order valence-corrected chi connectivity index (χ1v) is 14.2. The van der Waals surface area contributed by atoms with Gasteiger partial charge in [0.1, 0.15) is 5.75 Å². The van der Waals surface area contributed by atoms with Gasteiger partial charge in [-0.3, -0.25) is 4.79 Å². The second-order valence-electron chi connectivity index (χ2n) is 9.16. The molecule has 0 aromatic heterocycles. The second-order valence-corrected chi connectivity index (χ2v) is 11.1. The Labute approximate surface area is 230 Å². The molecule has 3 aromatic carbocycles. The number of nitrogens with zero attached hydrogens (tertiary/aromatic N) is 3. The second kappa shape index (κ2) is 12.9. The predicted octanol–water partition coefficient (Wildman–Crippen LogP) is 3.29. The summed E-state index contributed by atoms with van der Waals surface area (Å²) in [6, 6.07) is 21.9. The van der Waals surface area contributed by atoms with Crippen molar-refractivity contribution in [2.24, 2.45) is 0 Å². The molecule has 1 aliphatic rings. The molecule has 1 saturated heterocycles. The summed E-state index contributed by atoms with van der Waals surface area (Å²) in [6.07, 6.45) is 0.478. The Morgan fingerprint density at radius 2 is 1.49 bits per heavy atom. The lowest BCUT2D eigenvalue weighted by molar-refractivity contribution is -0.131. The van der Waals surface area contributed by atoms with E-state index < -0.39 is 10.0 Å². The summed E-state index contributed by atoms with van der Waals surface area (Å²) in [6.45, 7) is 2.25. The zero-order valence-electron chi connectivity index (χ0n) is 22.6. The minimum absolute atomic E-state index is 0.0466. The zero-order chi connectivity index (χ0) is 27.8. The average Bonchev–Trinajstić information content (AvgIpc) is 2.99. The lowest BCUT2D eigenvalue weighted by Gasteiger charge is -2.37. The number of anilines is 1. The third-order valence-corrected chi connectivity index (χ3v) is 8.71. The van der Waals surface area contributed by atoms with Crippen LogP contribution in [0.15, 0.2) is 77.7 Å². The molecule has 0 radical (unpaired) electrons. The molecule has 3 aromatic rings. The molecule has 10 heteroatoms. The van der Waals surface area contributed by atoms with Crippen LogP contribution in [0.3, 0.4) is 0 Å². The molecule has 0 aliphatic carbocycles. The van der Waals surface area contributed by atoms with Gasteiger partial charge in [0.05, 0.1) is 32.8 Å². The lowest BCUT2D eigenvalue weighted by atomic mass is 10.1. The van der Waals surface area contributed by atoms with Crippen LogP contribution in [0.25, 0.3) is 0 Å². The Balaban J connectivity index is 1.49. The number of carbonyl (C=O) groups excluding carboxylic acids is 1. The lowest BCUT2D eigenvalue weighted by Crippen LogP contribution is -2.52. The molecule has 9 nitrogen and oxygen atoms in total. The number of ether oxygens (including phenoxy) is 3. The van der Waals surface area contributed by atoms with Crippen molar-refractivity contribution in [3.05, 3.63) is 78.4 Å². The van der Waals surface area contributed by atoms with Crippen molar-refractivity contribution in [1.29, 1.82) is 0 Å². The largest absolute Gasteiger partial charge is 0.497 e. The fraction of sp³-hybridized carbons (Fsp3) is 0.345. The highest BCUT2D eigenvalue weighted by atomic mass is 32.2. The van der Waals surface area contributed by atoms with Gasteiger partial charge in [-0.05, 0) is 48.4 Å². The normalized spacial score (nSPS) is 13.8. The molecule has 39 heavy (non-hydrogen) atoms. The number of hydrogen-bond donors (Lipinski definition) is 0. The van der Waals surface area contributed by atoms with E-state index in [9.17, 15) is 13.2 Å². The van der Waals surface area contributed by atoms with Crippen LogP contribution in [-0.4, -0.2) is 84.1 Å². The molecule has 0 spiro atoms. The number of piperazine rings is 1. The van der Waals surface area contributed by atoms with Crippen molar-refractivity contribution in [2.45, 2.75) is 11.3 Å². The van der Waals surface area contributed by atoms with Crippen molar-refractivity contribution >= 4 is 21.6 Å². The molecule has 0 saturated carbocycles. The number of amides is 1. The van der Waals surface area contributed by atoms with Crippen LogP contribution in [0.1, 0.15) is 5.56 Å². The smallest absolute Gasteiger partial charge is 0.243 e. The van der Waals surface area contributed by atoms with E-state index in [0.29, 0.717) is 44.1 Å². The van der Waals surface area contributed by atoms with Crippen LogP contribution in [0.4, 0.5) is 5.69 Å². The first-order chi connectivity index (χ1) is 18.8. The van der Waals surface area contributed by atoms with Gasteiger partial charge < -0.3 is 24.0 Å². The number of carbonyl (C=O) groups is 1. The van der Waals surface area contributed by atoms with Crippen molar-refractivity contribution in [2.75, 3.05) is 65.5 Å². The molecular formula is C29H35N3O6S. The molecule has 1 fully saturated rings. The van der Waals surface area contributed by atoms with Crippen molar-refractivity contribution in [3.8, 4) is 17.2 Å². The third kappa shape index (κ3) is 6.82. The third-order valence-electron chi connectivity index (χ3n) is 6.87. The van der Waals surface area contributed by atoms with Crippen LogP contribution in [0.5, 0.6) is 17.2 Å². The van der Waals surface area contributed by atoms with Gasteiger partial charge in [0.2, 0.25) is 15.9 Å². The predicted molar refractivity (Wildman–Crippen MR) is 150 cm³/mol. The average molecular weight is 554 g/mol. The number of benzene rings is 3. The standard InChI is InChI=1S/C29H35N3O6S/c1-36-25-11-9-24(10-12-25)30-17-19-31(20-18-30)29(33)22-32(16-15-23-7-5-4-6-8-23)39(34,35)26-13-14-27(37-2)28(21-26)38-3/h4-14,21H,15-20,22H2,1-3H3. The van der Waals surface area contributed by atoms with Gasteiger partial charge in [0, 0.05) is 44.5 Å². The van der Waals surface area contributed by atoms with Crippen LogP contribution in [0.2, 0.25) is 0 Å². The highest BCUT2D eigenvalue weighted by molar-refractivity contribution is 7.89. The van der Waals surface area contributed by atoms with E-state index in [1.165, 1.54) is 30.7 Å². The molecule has 1 amide bonds. The SMILES string of the molecule is COc1ccc(N2CCN(C(=O)CN(CCc3ccccc3)S(=O)(=O)c3ccc(OC)c(OC)c3)CC2)cc1. The molecule has 208 valence electrons. The summed E-state index contributed by atoms with van der Waals surface area (Å²) < 4.78 is 44.6. The number of hydrogen-bond acceptors (Lipinski definition) is 7. The summed E-state index contributed by atoms with van der Waals surface area (Å²) in [5, 5.41) is 0. The number of sulfonamides is 1. The summed E-state index contributed by atoms with van der Waals surface area (Å²) in [5.74, 6) is 1.31. The fourth-order valence-corrected chi connectivity index (χ4v) is 5.97. The van der Waals surface area contributed by atoms with Crippen LogP contribution in [-0.2, 0) is 21.2 Å². The molecule has 0 N–H and O–H groups in total. The fourth-order valence-electron chi connectivity index (χ4n) is 4.57. The Morgan fingerprint density at radius 3 is 2.10 bits per heavy atom. The topological polar surface area (TPSA) is 88.6 Å². The minimum Gasteiger partial charge on any atom is -0.497 e. The van der Waals surface area contributed by atoms with E-state index >= 15 is 0 Å².